The van der Waals surface area contributed by atoms with Gasteiger partial charge < -0.3 is 24.3 Å². The molecule has 0 radical (unpaired) electrons. The molecule has 200 valence electrons. The molecule has 38 heavy (non-hydrogen) atoms. The maximum absolute atomic E-state index is 14.0. The molecule has 1 saturated heterocycles. The lowest BCUT2D eigenvalue weighted by Crippen LogP contribution is -2.51. The molecule has 2 N–H and O–H groups in total. The first-order valence-electron chi connectivity index (χ1n) is 13.1. The summed E-state index contributed by atoms with van der Waals surface area (Å²) in [7, 11) is 1.54. The van der Waals surface area contributed by atoms with Crippen LogP contribution >= 0.6 is 0 Å². The van der Waals surface area contributed by atoms with E-state index in [1.54, 1.807) is 31.4 Å². The molecule has 2 aromatic carbocycles. The maximum atomic E-state index is 14.0. The summed E-state index contributed by atoms with van der Waals surface area (Å²) in [6, 6.07) is 9.61. The topological polar surface area (TPSA) is 118 Å². The average Bonchev–Trinajstić information content (AvgIpc) is 3.48. The molecule has 9 nitrogen and oxygen atoms in total. The maximum Gasteiger partial charge on any atom is 0.257 e. The SMILES string of the molecule is COc1ccc(N(C(=O)C2CCCO2)C(C(=O)NC2CCCCC2)c2coc3ccc(O)cc3c2=O)cc1. The minimum absolute atomic E-state index is 0.00132. The van der Waals surface area contributed by atoms with Gasteiger partial charge in [-0.3, -0.25) is 19.3 Å². The predicted molar refractivity (Wildman–Crippen MR) is 141 cm³/mol. The molecule has 5 rings (SSSR count). The molecule has 2 atom stereocenters. The molecule has 2 aliphatic rings. The molecular formula is C29H32N2O7. The van der Waals surface area contributed by atoms with Gasteiger partial charge in [0.1, 0.15) is 35.5 Å². The third-order valence-corrected chi connectivity index (χ3v) is 7.33. The number of fused-ring (bicyclic) bond motifs is 1. The summed E-state index contributed by atoms with van der Waals surface area (Å²) in [5.41, 5.74) is 0.193. The Morgan fingerprint density at radius 1 is 1.05 bits per heavy atom. The van der Waals surface area contributed by atoms with Gasteiger partial charge in [-0.05, 0) is 68.1 Å². The van der Waals surface area contributed by atoms with E-state index in [1.807, 2.05) is 0 Å². The number of hydrogen-bond acceptors (Lipinski definition) is 7. The number of phenols is 1. The first kappa shape index (κ1) is 25.8. The molecule has 1 aromatic heterocycles. The van der Waals surface area contributed by atoms with Crippen molar-refractivity contribution in [3.63, 3.8) is 0 Å². The van der Waals surface area contributed by atoms with E-state index >= 15 is 0 Å². The molecule has 0 spiro atoms. The number of aromatic hydroxyl groups is 1. The highest BCUT2D eigenvalue weighted by Gasteiger charge is 2.40. The smallest absolute Gasteiger partial charge is 0.257 e. The van der Waals surface area contributed by atoms with Crippen molar-refractivity contribution >= 4 is 28.5 Å². The third-order valence-electron chi connectivity index (χ3n) is 7.33. The van der Waals surface area contributed by atoms with E-state index in [0.29, 0.717) is 24.5 Å². The number of methoxy groups -OCH3 is 1. The fraction of sp³-hybridized carbons (Fsp3) is 0.414. The molecule has 3 aromatic rings. The first-order chi connectivity index (χ1) is 18.5. The molecule has 1 aliphatic heterocycles. The van der Waals surface area contributed by atoms with Crippen LogP contribution in [0, 0.1) is 0 Å². The van der Waals surface area contributed by atoms with Crippen molar-refractivity contribution in [1.82, 2.24) is 5.32 Å². The third kappa shape index (κ3) is 5.24. The highest BCUT2D eigenvalue weighted by molar-refractivity contribution is 6.03. The molecule has 2 heterocycles. The van der Waals surface area contributed by atoms with Crippen LogP contribution in [0.3, 0.4) is 0 Å². The van der Waals surface area contributed by atoms with Crippen molar-refractivity contribution in [3.05, 3.63) is 64.5 Å². The van der Waals surface area contributed by atoms with Crippen LogP contribution in [0.4, 0.5) is 5.69 Å². The van der Waals surface area contributed by atoms with Gasteiger partial charge in [0, 0.05) is 18.3 Å². The highest BCUT2D eigenvalue weighted by atomic mass is 16.5. The van der Waals surface area contributed by atoms with Crippen molar-refractivity contribution < 1.29 is 28.6 Å². The van der Waals surface area contributed by atoms with Crippen LogP contribution in [0.2, 0.25) is 0 Å². The van der Waals surface area contributed by atoms with Crippen LogP contribution in [-0.2, 0) is 14.3 Å². The second-order valence-corrected chi connectivity index (χ2v) is 9.85. The number of hydrogen-bond donors (Lipinski definition) is 2. The van der Waals surface area contributed by atoms with Crippen molar-refractivity contribution in [1.29, 1.82) is 0 Å². The van der Waals surface area contributed by atoms with Crippen molar-refractivity contribution in [2.45, 2.75) is 63.1 Å². The van der Waals surface area contributed by atoms with Gasteiger partial charge in [-0.2, -0.15) is 0 Å². The zero-order chi connectivity index (χ0) is 26.6. The Morgan fingerprint density at radius 3 is 2.50 bits per heavy atom. The molecule has 0 bridgehead atoms. The Hall–Kier alpha value is -3.85. The summed E-state index contributed by atoms with van der Waals surface area (Å²) in [6.07, 6.45) is 6.54. The van der Waals surface area contributed by atoms with Crippen molar-refractivity contribution in [3.8, 4) is 11.5 Å². The Balaban J connectivity index is 1.65. The molecule has 2 amide bonds. The van der Waals surface area contributed by atoms with E-state index in [2.05, 4.69) is 5.32 Å². The second kappa shape index (κ2) is 11.3. The minimum atomic E-state index is -1.31. The van der Waals surface area contributed by atoms with Crippen molar-refractivity contribution in [2.75, 3.05) is 18.6 Å². The van der Waals surface area contributed by atoms with Gasteiger partial charge in [-0.25, -0.2) is 0 Å². The summed E-state index contributed by atoms with van der Waals surface area (Å²) < 4.78 is 16.7. The number of carbonyl (C=O) groups excluding carboxylic acids is 2. The quantitative estimate of drug-likeness (QED) is 0.479. The van der Waals surface area contributed by atoms with E-state index in [9.17, 15) is 19.5 Å². The lowest BCUT2D eigenvalue weighted by atomic mass is 9.94. The fourth-order valence-corrected chi connectivity index (χ4v) is 5.32. The number of nitrogens with one attached hydrogen (secondary N) is 1. The Labute approximate surface area is 220 Å². The molecule has 1 aliphatic carbocycles. The summed E-state index contributed by atoms with van der Waals surface area (Å²) in [5.74, 6) is -0.396. The molecule has 9 heteroatoms. The Kier molecular flexibility index (Phi) is 7.64. The lowest BCUT2D eigenvalue weighted by molar-refractivity contribution is -0.131. The normalized spacial score (nSPS) is 18.7. The van der Waals surface area contributed by atoms with Gasteiger partial charge in [-0.15, -0.1) is 0 Å². The van der Waals surface area contributed by atoms with E-state index < -0.39 is 29.4 Å². The number of rotatable bonds is 7. The molecule has 2 fully saturated rings. The standard InChI is InChI=1S/C29H32N2O7/c1-36-21-12-9-19(10-13-21)31(29(35)25-8-5-15-37-25)26(28(34)30-18-6-3-2-4-7-18)23-17-38-24-14-11-20(32)16-22(24)27(23)33/h9-14,16-18,25-26,32H,2-8,15H2,1H3,(H,30,34). The first-order valence-corrected chi connectivity index (χ1v) is 13.1. The number of benzene rings is 2. The van der Waals surface area contributed by atoms with Gasteiger partial charge in [-0.1, -0.05) is 19.3 Å². The number of carbonyl (C=O) groups is 2. The van der Waals surface area contributed by atoms with Gasteiger partial charge in [0.05, 0.1) is 18.1 Å². The van der Waals surface area contributed by atoms with Crippen LogP contribution in [0.15, 0.2) is 57.9 Å². The van der Waals surface area contributed by atoms with Gasteiger partial charge in [0.25, 0.3) is 5.91 Å². The number of phenolic OH excluding ortho intramolecular Hbond substituents is 1. The molecule has 2 unspecified atom stereocenters. The predicted octanol–water partition coefficient (Wildman–Crippen LogP) is 4.21. The highest BCUT2D eigenvalue weighted by Crippen LogP contribution is 2.32. The molecule has 1 saturated carbocycles. The van der Waals surface area contributed by atoms with E-state index in [4.69, 9.17) is 13.9 Å². The van der Waals surface area contributed by atoms with Crippen LogP contribution in [0.5, 0.6) is 11.5 Å². The van der Waals surface area contributed by atoms with Gasteiger partial charge in [0.15, 0.2) is 5.43 Å². The van der Waals surface area contributed by atoms with Crippen LogP contribution in [-0.4, -0.2) is 42.8 Å². The molecular weight excluding hydrogens is 488 g/mol. The number of anilines is 1. The van der Waals surface area contributed by atoms with Crippen LogP contribution in [0.1, 0.15) is 56.6 Å². The summed E-state index contributed by atoms with van der Waals surface area (Å²) in [4.78, 5) is 43.1. The van der Waals surface area contributed by atoms with E-state index in [0.717, 1.165) is 38.5 Å². The zero-order valence-electron chi connectivity index (χ0n) is 21.4. The summed E-state index contributed by atoms with van der Waals surface area (Å²) >= 11 is 0. The number of amides is 2. The summed E-state index contributed by atoms with van der Waals surface area (Å²) in [6.45, 7) is 0.448. The van der Waals surface area contributed by atoms with Crippen LogP contribution in [0.25, 0.3) is 11.0 Å². The fourth-order valence-electron chi connectivity index (χ4n) is 5.32. The van der Waals surface area contributed by atoms with E-state index in [1.165, 1.54) is 29.4 Å². The zero-order valence-corrected chi connectivity index (χ0v) is 21.4. The Bertz CT molecular complexity index is 1360. The lowest BCUT2D eigenvalue weighted by Gasteiger charge is -2.34. The van der Waals surface area contributed by atoms with Crippen molar-refractivity contribution in [2.24, 2.45) is 0 Å². The Morgan fingerprint density at radius 2 is 1.82 bits per heavy atom. The van der Waals surface area contributed by atoms with E-state index in [-0.39, 0.29) is 28.3 Å². The van der Waals surface area contributed by atoms with Gasteiger partial charge >= 0.3 is 0 Å². The average molecular weight is 521 g/mol. The minimum Gasteiger partial charge on any atom is -0.508 e. The monoisotopic (exact) mass is 520 g/mol. The summed E-state index contributed by atoms with van der Waals surface area (Å²) in [5, 5.41) is 13.2. The second-order valence-electron chi connectivity index (χ2n) is 9.85. The largest absolute Gasteiger partial charge is 0.508 e. The number of ether oxygens (including phenoxy) is 2. The van der Waals surface area contributed by atoms with Crippen LogP contribution < -0.4 is 20.4 Å². The van der Waals surface area contributed by atoms with Gasteiger partial charge in [0.2, 0.25) is 5.91 Å². The number of nitrogens with zero attached hydrogens (tertiary/aromatic N) is 1.